The standard InChI is InChI=1S/C22H18ClN3O3S/c23-17-9-6-14(12-18(17)26-22(29)19-5-2-10-30-19)21(28)25-16-4-1-3-13(11-16)20(27)24-15-7-8-15/h1-6,9-12,15H,7-8H2,(H,24,27)(H,25,28)(H,26,29). The normalized spacial score (nSPS) is 12.8. The summed E-state index contributed by atoms with van der Waals surface area (Å²) < 4.78 is 0. The molecule has 152 valence electrons. The van der Waals surface area contributed by atoms with Gasteiger partial charge < -0.3 is 16.0 Å². The first-order valence-electron chi connectivity index (χ1n) is 9.36. The summed E-state index contributed by atoms with van der Waals surface area (Å²) in [5.41, 5.74) is 1.66. The van der Waals surface area contributed by atoms with E-state index in [1.807, 2.05) is 0 Å². The third-order valence-corrected chi connectivity index (χ3v) is 5.72. The highest BCUT2D eigenvalue weighted by Crippen LogP contribution is 2.25. The maximum Gasteiger partial charge on any atom is 0.265 e. The van der Waals surface area contributed by atoms with E-state index in [-0.39, 0.29) is 23.8 Å². The van der Waals surface area contributed by atoms with Crippen molar-refractivity contribution in [3.63, 3.8) is 0 Å². The first-order chi connectivity index (χ1) is 14.5. The lowest BCUT2D eigenvalue weighted by Crippen LogP contribution is -2.25. The predicted molar refractivity (Wildman–Crippen MR) is 119 cm³/mol. The second-order valence-electron chi connectivity index (χ2n) is 6.91. The Morgan fingerprint density at radius 2 is 1.67 bits per heavy atom. The van der Waals surface area contributed by atoms with Crippen molar-refractivity contribution in [1.29, 1.82) is 0 Å². The van der Waals surface area contributed by atoms with E-state index in [1.165, 1.54) is 17.4 Å². The number of carbonyl (C=O) groups is 3. The van der Waals surface area contributed by atoms with Crippen LogP contribution in [0.2, 0.25) is 5.02 Å². The molecule has 2 aromatic carbocycles. The molecular formula is C22H18ClN3O3S. The zero-order valence-corrected chi connectivity index (χ0v) is 17.3. The number of thiophene rings is 1. The zero-order chi connectivity index (χ0) is 21.1. The van der Waals surface area contributed by atoms with Gasteiger partial charge in [0.15, 0.2) is 0 Å². The average molecular weight is 440 g/mol. The molecule has 1 heterocycles. The van der Waals surface area contributed by atoms with Crippen molar-refractivity contribution in [3.05, 3.63) is 81.0 Å². The van der Waals surface area contributed by atoms with Gasteiger partial charge in [-0.25, -0.2) is 0 Å². The zero-order valence-electron chi connectivity index (χ0n) is 15.8. The molecule has 0 radical (unpaired) electrons. The first kappa shape index (κ1) is 20.1. The van der Waals surface area contributed by atoms with Gasteiger partial charge >= 0.3 is 0 Å². The van der Waals surface area contributed by atoms with Crippen LogP contribution < -0.4 is 16.0 Å². The molecule has 1 aliphatic rings. The summed E-state index contributed by atoms with van der Waals surface area (Å²) >= 11 is 7.49. The van der Waals surface area contributed by atoms with E-state index in [4.69, 9.17) is 11.6 Å². The van der Waals surface area contributed by atoms with Gasteiger partial charge in [0.05, 0.1) is 15.6 Å². The van der Waals surface area contributed by atoms with Gasteiger partial charge in [-0.1, -0.05) is 23.7 Å². The molecule has 8 heteroatoms. The summed E-state index contributed by atoms with van der Waals surface area (Å²) in [7, 11) is 0. The van der Waals surface area contributed by atoms with Crippen molar-refractivity contribution in [2.24, 2.45) is 0 Å². The summed E-state index contributed by atoms with van der Waals surface area (Å²) in [6.45, 7) is 0. The lowest BCUT2D eigenvalue weighted by molar-refractivity contribution is 0.0949. The summed E-state index contributed by atoms with van der Waals surface area (Å²) in [6, 6.07) is 15.1. The molecule has 1 aliphatic carbocycles. The van der Waals surface area contributed by atoms with Crippen LogP contribution in [0.25, 0.3) is 0 Å². The number of carbonyl (C=O) groups excluding carboxylic acids is 3. The molecule has 0 bridgehead atoms. The Morgan fingerprint density at radius 3 is 2.40 bits per heavy atom. The molecule has 30 heavy (non-hydrogen) atoms. The Morgan fingerprint density at radius 1 is 0.867 bits per heavy atom. The second-order valence-corrected chi connectivity index (χ2v) is 8.26. The van der Waals surface area contributed by atoms with E-state index in [9.17, 15) is 14.4 Å². The van der Waals surface area contributed by atoms with Crippen LogP contribution in [0.5, 0.6) is 0 Å². The van der Waals surface area contributed by atoms with Gasteiger partial charge in [-0.05, 0) is 60.7 Å². The lowest BCUT2D eigenvalue weighted by atomic mass is 10.1. The summed E-state index contributed by atoms with van der Waals surface area (Å²) in [5, 5.41) is 10.6. The molecule has 1 aromatic heterocycles. The second kappa shape index (κ2) is 8.69. The third kappa shape index (κ3) is 4.87. The van der Waals surface area contributed by atoms with E-state index < -0.39 is 0 Å². The SMILES string of the molecule is O=C(Nc1cccc(C(=O)NC2CC2)c1)c1ccc(Cl)c(NC(=O)c2cccs2)c1. The van der Waals surface area contributed by atoms with Crippen LogP contribution in [0.3, 0.4) is 0 Å². The van der Waals surface area contributed by atoms with E-state index >= 15 is 0 Å². The fourth-order valence-corrected chi connectivity index (χ4v) is 3.58. The molecule has 3 amide bonds. The van der Waals surface area contributed by atoms with Crippen LogP contribution in [0, 0.1) is 0 Å². The largest absolute Gasteiger partial charge is 0.349 e. The molecule has 0 atom stereocenters. The fourth-order valence-electron chi connectivity index (χ4n) is 2.79. The third-order valence-electron chi connectivity index (χ3n) is 4.52. The smallest absolute Gasteiger partial charge is 0.265 e. The quantitative estimate of drug-likeness (QED) is 0.515. The summed E-state index contributed by atoms with van der Waals surface area (Å²) in [6.07, 6.45) is 2.01. The van der Waals surface area contributed by atoms with Crippen molar-refractivity contribution < 1.29 is 14.4 Å². The average Bonchev–Trinajstić information content (AvgIpc) is 3.37. The highest BCUT2D eigenvalue weighted by molar-refractivity contribution is 7.12. The Hall–Kier alpha value is -3.16. The number of amides is 3. The first-order valence-corrected chi connectivity index (χ1v) is 10.6. The molecule has 0 unspecified atom stereocenters. The van der Waals surface area contributed by atoms with Gasteiger partial charge in [-0.2, -0.15) is 0 Å². The Balaban J connectivity index is 1.47. The predicted octanol–water partition coefficient (Wildman–Crippen LogP) is 4.80. The number of benzene rings is 2. The molecule has 0 saturated heterocycles. The minimum Gasteiger partial charge on any atom is -0.349 e. The highest BCUT2D eigenvalue weighted by atomic mass is 35.5. The summed E-state index contributed by atoms with van der Waals surface area (Å²) in [5.74, 6) is -0.824. The van der Waals surface area contributed by atoms with Gasteiger partial charge in [-0.15, -0.1) is 11.3 Å². The van der Waals surface area contributed by atoms with E-state index in [2.05, 4.69) is 16.0 Å². The number of nitrogens with one attached hydrogen (secondary N) is 3. The van der Waals surface area contributed by atoms with Crippen LogP contribution >= 0.6 is 22.9 Å². The van der Waals surface area contributed by atoms with Gasteiger partial charge in [0.2, 0.25) is 0 Å². The van der Waals surface area contributed by atoms with Crippen molar-refractivity contribution >= 4 is 52.0 Å². The Kier molecular flexibility index (Phi) is 5.83. The monoisotopic (exact) mass is 439 g/mol. The molecule has 0 aliphatic heterocycles. The molecule has 6 nitrogen and oxygen atoms in total. The van der Waals surface area contributed by atoms with Gasteiger partial charge in [0.1, 0.15) is 0 Å². The van der Waals surface area contributed by atoms with Gasteiger partial charge in [0.25, 0.3) is 17.7 Å². The van der Waals surface area contributed by atoms with Crippen LogP contribution in [0.4, 0.5) is 11.4 Å². The Labute approximate surface area is 182 Å². The number of anilines is 2. The minimum absolute atomic E-state index is 0.154. The maximum absolute atomic E-state index is 12.7. The van der Waals surface area contributed by atoms with Crippen LogP contribution in [0.1, 0.15) is 43.2 Å². The van der Waals surface area contributed by atoms with Gasteiger partial charge in [-0.3, -0.25) is 14.4 Å². The molecule has 3 aromatic rings. The molecule has 3 N–H and O–H groups in total. The van der Waals surface area contributed by atoms with Crippen molar-refractivity contribution in [1.82, 2.24) is 5.32 Å². The van der Waals surface area contributed by atoms with Crippen LogP contribution in [-0.4, -0.2) is 23.8 Å². The number of halogens is 1. The van der Waals surface area contributed by atoms with Gasteiger partial charge in [0, 0.05) is 22.9 Å². The van der Waals surface area contributed by atoms with E-state index in [1.54, 1.807) is 53.9 Å². The number of hydrogen-bond donors (Lipinski definition) is 3. The van der Waals surface area contributed by atoms with Crippen LogP contribution in [0.15, 0.2) is 60.0 Å². The Bertz CT molecular complexity index is 1110. The molecule has 0 spiro atoms. The molecule has 1 fully saturated rings. The van der Waals surface area contributed by atoms with Crippen LogP contribution in [-0.2, 0) is 0 Å². The topological polar surface area (TPSA) is 87.3 Å². The maximum atomic E-state index is 12.7. The highest BCUT2D eigenvalue weighted by Gasteiger charge is 2.24. The van der Waals surface area contributed by atoms with E-state index in [0.29, 0.717) is 32.4 Å². The number of hydrogen-bond acceptors (Lipinski definition) is 4. The molecular weight excluding hydrogens is 422 g/mol. The van der Waals surface area contributed by atoms with Crippen molar-refractivity contribution in [2.45, 2.75) is 18.9 Å². The molecule has 1 saturated carbocycles. The summed E-state index contributed by atoms with van der Waals surface area (Å²) in [4.78, 5) is 37.7. The number of rotatable bonds is 6. The lowest BCUT2D eigenvalue weighted by Gasteiger charge is -2.11. The van der Waals surface area contributed by atoms with Crippen molar-refractivity contribution in [3.8, 4) is 0 Å². The minimum atomic E-state index is -0.377. The van der Waals surface area contributed by atoms with E-state index in [0.717, 1.165) is 12.8 Å². The van der Waals surface area contributed by atoms with Crippen molar-refractivity contribution in [2.75, 3.05) is 10.6 Å². The fraction of sp³-hybridized carbons (Fsp3) is 0.136. The molecule has 4 rings (SSSR count).